The van der Waals surface area contributed by atoms with Gasteiger partial charge in [-0.2, -0.15) is 0 Å². The number of carbonyl (C=O) groups is 1. The summed E-state index contributed by atoms with van der Waals surface area (Å²) in [6, 6.07) is -0.323. The first-order chi connectivity index (χ1) is 11.4. The van der Waals surface area contributed by atoms with Crippen LogP contribution < -0.4 is 0 Å². The summed E-state index contributed by atoms with van der Waals surface area (Å²) in [6.45, 7) is 21.3. The van der Waals surface area contributed by atoms with Crippen LogP contribution in [0.2, 0.25) is 36.3 Å². The van der Waals surface area contributed by atoms with E-state index in [-0.39, 0.29) is 22.2 Å². The van der Waals surface area contributed by atoms with Crippen molar-refractivity contribution in [3.63, 3.8) is 0 Å². The van der Waals surface area contributed by atoms with Crippen molar-refractivity contribution in [1.29, 1.82) is 0 Å². The number of ether oxygens (including phenoxy) is 1. The van der Waals surface area contributed by atoms with Gasteiger partial charge in [0.05, 0.1) is 18.7 Å². The van der Waals surface area contributed by atoms with Crippen LogP contribution in [0.25, 0.3) is 0 Å². The Morgan fingerprint density at radius 2 is 1.46 bits per heavy atom. The lowest BCUT2D eigenvalue weighted by atomic mass is 9.90. The Balaban J connectivity index is 3.32. The van der Waals surface area contributed by atoms with E-state index in [4.69, 9.17) is 13.6 Å². The standard InChI is InChI=1S/C18H39BO5Si2/c1-16(2,3)25(7,8)23-13-14(24-26(9,10)17(4,5)6)18(11-20,12-21)22-15(13)19/h11,13-15,21H,12,19H2,1-10H3/t13?,14-,15+,18-/m0/s1. The third-order valence-corrected chi connectivity index (χ3v) is 15.5. The van der Waals surface area contributed by atoms with Gasteiger partial charge in [0, 0.05) is 0 Å². The summed E-state index contributed by atoms with van der Waals surface area (Å²) in [7, 11) is -2.40. The second kappa shape index (κ2) is 7.44. The van der Waals surface area contributed by atoms with E-state index in [1.54, 1.807) is 0 Å². The second-order valence-corrected chi connectivity index (χ2v) is 20.2. The third-order valence-electron chi connectivity index (χ3n) is 6.56. The molecule has 1 rings (SSSR count). The van der Waals surface area contributed by atoms with E-state index in [2.05, 4.69) is 67.7 Å². The average Bonchev–Trinajstić information content (AvgIpc) is 2.69. The Labute approximate surface area is 162 Å². The molecule has 5 nitrogen and oxygen atoms in total. The molecule has 0 amide bonds. The van der Waals surface area contributed by atoms with Crippen LogP contribution in [-0.4, -0.2) is 66.3 Å². The molecule has 1 N–H and O–H groups in total. The van der Waals surface area contributed by atoms with Crippen molar-refractivity contribution in [2.24, 2.45) is 0 Å². The van der Waals surface area contributed by atoms with Crippen LogP contribution in [0.3, 0.4) is 0 Å². The van der Waals surface area contributed by atoms with Gasteiger partial charge in [-0.25, -0.2) is 0 Å². The minimum absolute atomic E-state index is 0.0234. The Kier molecular flexibility index (Phi) is 6.88. The molecule has 26 heavy (non-hydrogen) atoms. The Morgan fingerprint density at radius 1 is 1.04 bits per heavy atom. The van der Waals surface area contributed by atoms with E-state index >= 15 is 0 Å². The van der Waals surface area contributed by atoms with Crippen LogP contribution in [0.4, 0.5) is 0 Å². The van der Waals surface area contributed by atoms with Crippen LogP contribution in [0.5, 0.6) is 0 Å². The molecular weight excluding hydrogens is 363 g/mol. The Bertz CT molecular complexity index is 513. The lowest BCUT2D eigenvalue weighted by Gasteiger charge is -2.45. The van der Waals surface area contributed by atoms with Gasteiger partial charge in [-0.15, -0.1) is 0 Å². The molecule has 0 bridgehead atoms. The van der Waals surface area contributed by atoms with Crippen molar-refractivity contribution >= 4 is 30.8 Å². The predicted molar refractivity (Wildman–Crippen MR) is 113 cm³/mol. The fourth-order valence-corrected chi connectivity index (χ4v) is 5.27. The summed E-state index contributed by atoms with van der Waals surface area (Å²) in [5.41, 5.74) is -1.36. The number of rotatable bonds is 6. The summed E-state index contributed by atoms with van der Waals surface area (Å²) < 4.78 is 19.2. The molecule has 0 aromatic carbocycles. The van der Waals surface area contributed by atoms with Crippen molar-refractivity contribution < 1.29 is 23.5 Å². The van der Waals surface area contributed by atoms with E-state index in [0.29, 0.717) is 6.29 Å². The van der Waals surface area contributed by atoms with E-state index in [9.17, 15) is 9.90 Å². The third kappa shape index (κ3) is 4.52. The summed E-state index contributed by atoms with van der Waals surface area (Å²) in [4.78, 5) is 12.0. The molecule has 1 aliphatic heterocycles. The SMILES string of the molecule is B[C@@H]1O[C@@](C=O)(CO)[C@@H](O[Si](C)(C)C(C)(C)C)C1O[Si](C)(C)C(C)(C)C. The van der Waals surface area contributed by atoms with Crippen molar-refractivity contribution in [3.05, 3.63) is 0 Å². The predicted octanol–water partition coefficient (Wildman–Crippen LogP) is 2.69. The van der Waals surface area contributed by atoms with E-state index in [1.807, 2.05) is 7.85 Å². The van der Waals surface area contributed by atoms with Crippen molar-refractivity contribution in [2.75, 3.05) is 6.61 Å². The van der Waals surface area contributed by atoms with Gasteiger partial charge in [-0.3, -0.25) is 4.79 Å². The zero-order valence-electron chi connectivity index (χ0n) is 18.6. The average molecular weight is 402 g/mol. The van der Waals surface area contributed by atoms with E-state index < -0.39 is 34.9 Å². The van der Waals surface area contributed by atoms with Gasteiger partial charge in [0.15, 0.2) is 28.5 Å². The molecule has 1 unspecified atom stereocenters. The maximum Gasteiger partial charge on any atom is 0.192 e. The van der Waals surface area contributed by atoms with Gasteiger partial charge < -0.3 is 18.7 Å². The topological polar surface area (TPSA) is 65.0 Å². The number of aliphatic hydroxyl groups is 1. The lowest BCUT2D eigenvalue weighted by Crippen LogP contribution is -2.58. The first kappa shape index (κ1) is 24.0. The summed E-state index contributed by atoms with van der Waals surface area (Å²) >= 11 is 0. The molecule has 1 aliphatic rings. The maximum absolute atomic E-state index is 12.0. The van der Waals surface area contributed by atoms with Crippen LogP contribution in [0.15, 0.2) is 0 Å². The minimum Gasteiger partial charge on any atom is -0.409 e. The highest BCUT2D eigenvalue weighted by atomic mass is 28.4. The van der Waals surface area contributed by atoms with Crippen LogP contribution in [0.1, 0.15) is 41.5 Å². The fourth-order valence-electron chi connectivity index (χ4n) is 2.60. The lowest BCUT2D eigenvalue weighted by molar-refractivity contribution is -0.141. The van der Waals surface area contributed by atoms with Crippen LogP contribution in [0, 0.1) is 0 Å². The van der Waals surface area contributed by atoms with Gasteiger partial charge in [0.25, 0.3) is 0 Å². The first-order valence-corrected chi connectivity index (χ1v) is 15.4. The minimum atomic E-state index is -2.20. The highest BCUT2D eigenvalue weighted by Crippen LogP contribution is 2.45. The first-order valence-electron chi connectivity index (χ1n) is 9.55. The normalized spacial score (nSPS) is 31.3. The van der Waals surface area contributed by atoms with Crippen LogP contribution in [-0.2, 0) is 18.4 Å². The number of aldehydes is 1. The molecule has 0 radical (unpaired) electrons. The summed E-state index contributed by atoms with van der Waals surface area (Å²) in [5.74, 6) is 0. The van der Waals surface area contributed by atoms with Crippen molar-refractivity contribution in [2.45, 2.75) is 102 Å². The van der Waals surface area contributed by atoms with E-state index in [0.717, 1.165) is 0 Å². The number of hydrogen-bond acceptors (Lipinski definition) is 5. The Morgan fingerprint density at radius 3 is 1.81 bits per heavy atom. The quantitative estimate of drug-likeness (QED) is 0.547. The van der Waals surface area contributed by atoms with Gasteiger partial charge in [-0.05, 0) is 36.3 Å². The molecule has 0 aliphatic carbocycles. The number of aliphatic hydroxyl groups excluding tert-OH is 1. The molecule has 1 saturated heterocycles. The molecular formula is C18H39BO5Si2. The van der Waals surface area contributed by atoms with Gasteiger partial charge in [0.2, 0.25) is 0 Å². The number of hydrogen-bond donors (Lipinski definition) is 1. The molecule has 0 saturated carbocycles. The van der Waals surface area contributed by atoms with Crippen molar-refractivity contribution in [3.8, 4) is 0 Å². The smallest absolute Gasteiger partial charge is 0.192 e. The zero-order chi connectivity index (χ0) is 20.8. The van der Waals surface area contributed by atoms with Gasteiger partial charge in [-0.1, -0.05) is 41.5 Å². The summed E-state index contributed by atoms with van der Waals surface area (Å²) in [5, 5.41) is 10.0. The number of carbonyl (C=O) groups excluding carboxylic acids is 1. The monoisotopic (exact) mass is 402 g/mol. The summed E-state index contributed by atoms with van der Waals surface area (Å²) in [6.07, 6.45) is -0.270. The molecule has 0 aromatic heterocycles. The molecule has 0 aromatic rings. The molecule has 8 heteroatoms. The van der Waals surface area contributed by atoms with Crippen molar-refractivity contribution in [1.82, 2.24) is 0 Å². The molecule has 4 atom stereocenters. The molecule has 1 heterocycles. The van der Waals surface area contributed by atoms with Gasteiger partial charge >= 0.3 is 0 Å². The largest absolute Gasteiger partial charge is 0.409 e. The highest BCUT2D eigenvalue weighted by molar-refractivity contribution is 6.74. The second-order valence-electron chi connectivity index (χ2n) is 10.7. The zero-order valence-corrected chi connectivity index (χ0v) is 20.6. The molecule has 152 valence electrons. The van der Waals surface area contributed by atoms with E-state index in [1.165, 1.54) is 0 Å². The van der Waals surface area contributed by atoms with Crippen LogP contribution >= 0.6 is 0 Å². The van der Waals surface area contributed by atoms with Gasteiger partial charge in [0.1, 0.15) is 14.0 Å². The maximum atomic E-state index is 12.0. The fraction of sp³-hybridized carbons (Fsp3) is 0.944. The molecule has 0 spiro atoms. The Hall–Kier alpha value is 0.00870. The highest BCUT2D eigenvalue weighted by Gasteiger charge is 2.59. The molecule has 1 fully saturated rings.